The maximum atomic E-state index is 13.4. The summed E-state index contributed by atoms with van der Waals surface area (Å²) < 4.78 is 13.4. The van der Waals surface area contributed by atoms with Crippen molar-refractivity contribution < 1.29 is 9.18 Å². The number of rotatable bonds is 3. The largest absolute Gasteiger partial charge is 0.340 e. The van der Waals surface area contributed by atoms with Gasteiger partial charge in [0.05, 0.1) is 5.56 Å². The van der Waals surface area contributed by atoms with Crippen LogP contribution in [0.4, 0.5) is 4.39 Å². The van der Waals surface area contributed by atoms with Gasteiger partial charge in [-0.1, -0.05) is 12.1 Å². The third-order valence-electron chi connectivity index (χ3n) is 2.87. The van der Waals surface area contributed by atoms with Gasteiger partial charge in [0.1, 0.15) is 5.82 Å². The molecule has 86 valence electrons. The number of nitrogens with zero attached hydrogens (tertiary/aromatic N) is 1. The zero-order chi connectivity index (χ0) is 11.5. The molecule has 4 heteroatoms. The Labute approximate surface area is 94.3 Å². The molecular formula is C12H15FN2O. The fourth-order valence-corrected chi connectivity index (χ4v) is 1.76. The molecule has 16 heavy (non-hydrogen) atoms. The topological polar surface area (TPSA) is 32.3 Å². The van der Waals surface area contributed by atoms with Gasteiger partial charge in [-0.15, -0.1) is 0 Å². The number of hydrogen-bond acceptors (Lipinski definition) is 2. The predicted molar refractivity (Wildman–Crippen MR) is 59.8 cm³/mol. The van der Waals surface area contributed by atoms with E-state index in [0.717, 1.165) is 13.0 Å². The minimum atomic E-state index is -0.457. The molecule has 3 nitrogen and oxygen atoms in total. The van der Waals surface area contributed by atoms with Crippen molar-refractivity contribution in [2.45, 2.75) is 12.5 Å². The molecular weight excluding hydrogens is 207 g/mol. The van der Waals surface area contributed by atoms with Crippen molar-refractivity contribution in [1.82, 2.24) is 10.2 Å². The molecule has 1 aliphatic heterocycles. The van der Waals surface area contributed by atoms with Gasteiger partial charge in [-0.05, 0) is 25.1 Å². The highest BCUT2D eigenvalue weighted by Crippen LogP contribution is 2.11. The van der Waals surface area contributed by atoms with Crippen LogP contribution in [0.25, 0.3) is 0 Å². The van der Waals surface area contributed by atoms with Crippen LogP contribution in [0.5, 0.6) is 0 Å². The van der Waals surface area contributed by atoms with E-state index in [9.17, 15) is 9.18 Å². The first kappa shape index (κ1) is 11.1. The second-order valence-electron chi connectivity index (χ2n) is 4.11. The Kier molecular flexibility index (Phi) is 3.19. The molecule has 0 spiro atoms. The SMILES string of the molecule is CN(CC1CCN1)C(=O)c1ccccc1F. The summed E-state index contributed by atoms with van der Waals surface area (Å²) in [6.45, 7) is 1.64. The minimum absolute atomic E-state index is 0.143. The second-order valence-corrected chi connectivity index (χ2v) is 4.11. The molecule has 1 unspecified atom stereocenters. The first-order valence-corrected chi connectivity index (χ1v) is 5.42. The molecule has 0 saturated carbocycles. The molecule has 1 aliphatic rings. The van der Waals surface area contributed by atoms with Gasteiger partial charge in [0.25, 0.3) is 5.91 Å². The summed E-state index contributed by atoms with van der Waals surface area (Å²) in [5.41, 5.74) is 0.143. The van der Waals surface area contributed by atoms with Gasteiger partial charge < -0.3 is 10.2 Å². The first-order valence-electron chi connectivity index (χ1n) is 5.42. The average molecular weight is 222 g/mol. The third kappa shape index (κ3) is 2.22. The molecule has 1 N–H and O–H groups in total. The normalized spacial score (nSPS) is 19.0. The zero-order valence-electron chi connectivity index (χ0n) is 9.24. The molecule has 1 fully saturated rings. The molecule has 1 saturated heterocycles. The number of hydrogen-bond donors (Lipinski definition) is 1. The van der Waals surface area contributed by atoms with Crippen LogP contribution in [0.1, 0.15) is 16.8 Å². The van der Waals surface area contributed by atoms with E-state index in [1.165, 1.54) is 12.1 Å². The molecule has 0 aromatic heterocycles. The molecule has 1 amide bonds. The number of carbonyl (C=O) groups is 1. The summed E-state index contributed by atoms with van der Waals surface area (Å²) in [4.78, 5) is 13.5. The lowest BCUT2D eigenvalue weighted by atomic mass is 10.1. The van der Waals surface area contributed by atoms with Crippen molar-refractivity contribution in [1.29, 1.82) is 0 Å². The Morgan fingerprint density at radius 2 is 2.25 bits per heavy atom. The molecule has 0 radical (unpaired) electrons. The van der Waals surface area contributed by atoms with Crippen molar-refractivity contribution in [3.05, 3.63) is 35.6 Å². The van der Waals surface area contributed by atoms with E-state index in [1.807, 2.05) is 0 Å². The van der Waals surface area contributed by atoms with Crippen molar-refractivity contribution in [3.8, 4) is 0 Å². The van der Waals surface area contributed by atoms with E-state index in [1.54, 1.807) is 24.1 Å². The second kappa shape index (κ2) is 4.61. The summed E-state index contributed by atoms with van der Waals surface area (Å²) in [5, 5.41) is 3.21. The van der Waals surface area contributed by atoms with Gasteiger partial charge in [-0.3, -0.25) is 4.79 Å². The number of likely N-dealkylation sites (N-methyl/N-ethyl adjacent to an activating group) is 1. The van der Waals surface area contributed by atoms with Crippen LogP contribution >= 0.6 is 0 Å². The lowest BCUT2D eigenvalue weighted by Crippen LogP contribution is -2.50. The zero-order valence-corrected chi connectivity index (χ0v) is 9.24. The van der Waals surface area contributed by atoms with Crippen LogP contribution in [-0.2, 0) is 0 Å². The molecule has 1 atom stereocenters. The predicted octanol–water partition coefficient (Wildman–Crippen LogP) is 1.26. The van der Waals surface area contributed by atoms with Crippen LogP contribution < -0.4 is 5.32 Å². The standard InChI is InChI=1S/C12H15FN2O/c1-15(8-9-6-7-14-9)12(16)10-4-2-3-5-11(10)13/h2-5,9,14H,6-8H2,1H3. The monoisotopic (exact) mass is 222 g/mol. The van der Waals surface area contributed by atoms with Crippen LogP contribution in [0, 0.1) is 5.82 Å². The van der Waals surface area contributed by atoms with E-state index in [4.69, 9.17) is 0 Å². The summed E-state index contributed by atoms with van der Waals surface area (Å²) in [6.07, 6.45) is 1.08. The Morgan fingerprint density at radius 3 is 2.81 bits per heavy atom. The van der Waals surface area contributed by atoms with E-state index in [2.05, 4.69) is 5.32 Å². The number of nitrogens with one attached hydrogen (secondary N) is 1. The van der Waals surface area contributed by atoms with Crippen LogP contribution in [0.2, 0.25) is 0 Å². The Balaban J connectivity index is 2.03. The van der Waals surface area contributed by atoms with Crippen LogP contribution in [0.15, 0.2) is 24.3 Å². The number of benzene rings is 1. The van der Waals surface area contributed by atoms with Crippen LogP contribution in [0.3, 0.4) is 0 Å². The molecule has 0 bridgehead atoms. The van der Waals surface area contributed by atoms with Gasteiger partial charge in [0.15, 0.2) is 0 Å². The van der Waals surface area contributed by atoms with Crippen molar-refractivity contribution in [3.63, 3.8) is 0 Å². The van der Waals surface area contributed by atoms with Gasteiger partial charge in [0, 0.05) is 19.6 Å². The lowest BCUT2D eigenvalue weighted by molar-refractivity contribution is 0.0762. The first-order chi connectivity index (χ1) is 7.68. The van der Waals surface area contributed by atoms with Gasteiger partial charge in [-0.2, -0.15) is 0 Å². The number of carbonyl (C=O) groups excluding carboxylic acids is 1. The van der Waals surface area contributed by atoms with E-state index >= 15 is 0 Å². The van der Waals surface area contributed by atoms with E-state index in [-0.39, 0.29) is 11.5 Å². The quantitative estimate of drug-likeness (QED) is 0.835. The fraction of sp³-hybridized carbons (Fsp3) is 0.417. The Morgan fingerprint density at radius 1 is 1.56 bits per heavy atom. The molecule has 1 heterocycles. The molecule has 1 aromatic rings. The highest BCUT2D eigenvalue weighted by atomic mass is 19.1. The third-order valence-corrected chi connectivity index (χ3v) is 2.87. The average Bonchev–Trinajstić information content (AvgIpc) is 2.23. The van der Waals surface area contributed by atoms with Gasteiger partial charge in [0.2, 0.25) is 0 Å². The van der Waals surface area contributed by atoms with Crippen LogP contribution in [-0.4, -0.2) is 37.0 Å². The summed E-state index contributed by atoms with van der Waals surface area (Å²) in [5.74, 6) is -0.715. The van der Waals surface area contributed by atoms with Gasteiger partial charge >= 0.3 is 0 Å². The van der Waals surface area contributed by atoms with Crippen molar-refractivity contribution in [2.24, 2.45) is 0 Å². The number of amides is 1. The Hall–Kier alpha value is -1.42. The van der Waals surface area contributed by atoms with E-state index < -0.39 is 5.82 Å². The van der Waals surface area contributed by atoms with E-state index in [0.29, 0.717) is 12.6 Å². The molecule has 2 rings (SSSR count). The highest BCUT2D eigenvalue weighted by molar-refractivity contribution is 5.94. The van der Waals surface area contributed by atoms with Crippen molar-refractivity contribution >= 4 is 5.91 Å². The maximum absolute atomic E-state index is 13.4. The maximum Gasteiger partial charge on any atom is 0.256 e. The number of halogens is 1. The minimum Gasteiger partial charge on any atom is -0.340 e. The summed E-state index contributed by atoms with van der Waals surface area (Å²) >= 11 is 0. The Bertz CT molecular complexity index is 390. The smallest absolute Gasteiger partial charge is 0.256 e. The fourth-order valence-electron chi connectivity index (χ4n) is 1.76. The summed E-state index contributed by atoms with van der Waals surface area (Å²) in [6, 6.07) is 6.44. The van der Waals surface area contributed by atoms with Crippen molar-refractivity contribution in [2.75, 3.05) is 20.1 Å². The summed E-state index contributed by atoms with van der Waals surface area (Å²) in [7, 11) is 1.70. The highest BCUT2D eigenvalue weighted by Gasteiger charge is 2.22. The lowest BCUT2D eigenvalue weighted by Gasteiger charge is -2.31. The van der Waals surface area contributed by atoms with Gasteiger partial charge in [-0.25, -0.2) is 4.39 Å². The molecule has 1 aromatic carbocycles. The molecule has 0 aliphatic carbocycles.